The number of halogens is 1. The lowest BCUT2D eigenvalue weighted by atomic mass is 10.2. The van der Waals surface area contributed by atoms with E-state index >= 15 is 0 Å². The standard InChI is InChI=1S/C20H21BrN4O2/c1-26-18-10-17-16(9-19(18)27-11-15-6-3-7-22-15)20(24-12-23-17)25-14-5-2-4-13(21)8-14/h2,4-5,8-10,12,15,22H,3,6-7,11H2,1H3,(H,23,24,25). The summed E-state index contributed by atoms with van der Waals surface area (Å²) in [5.41, 5.74) is 1.74. The van der Waals surface area contributed by atoms with Gasteiger partial charge in [0.05, 0.1) is 12.6 Å². The minimum absolute atomic E-state index is 0.386. The van der Waals surface area contributed by atoms with Crippen LogP contribution in [-0.2, 0) is 0 Å². The average Bonchev–Trinajstić information content (AvgIpc) is 3.19. The van der Waals surface area contributed by atoms with Gasteiger partial charge in [-0.3, -0.25) is 0 Å². The predicted octanol–water partition coefficient (Wildman–Crippen LogP) is 4.28. The van der Waals surface area contributed by atoms with E-state index in [1.54, 1.807) is 13.4 Å². The highest BCUT2D eigenvalue weighted by molar-refractivity contribution is 9.10. The highest BCUT2D eigenvalue weighted by atomic mass is 79.9. The van der Waals surface area contributed by atoms with E-state index in [1.807, 2.05) is 36.4 Å². The molecule has 2 N–H and O–H groups in total. The van der Waals surface area contributed by atoms with Gasteiger partial charge in [0.15, 0.2) is 11.5 Å². The van der Waals surface area contributed by atoms with Crippen molar-refractivity contribution >= 4 is 38.3 Å². The molecular formula is C20H21BrN4O2. The zero-order valence-corrected chi connectivity index (χ0v) is 16.6. The van der Waals surface area contributed by atoms with E-state index in [1.165, 1.54) is 6.42 Å². The van der Waals surface area contributed by atoms with Crippen molar-refractivity contribution in [2.24, 2.45) is 0 Å². The van der Waals surface area contributed by atoms with Gasteiger partial charge < -0.3 is 20.1 Å². The first kappa shape index (κ1) is 18.0. The number of hydrogen-bond acceptors (Lipinski definition) is 6. The zero-order valence-electron chi connectivity index (χ0n) is 15.0. The quantitative estimate of drug-likeness (QED) is 0.610. The molecule has 27 heavy (non-hydrogen) atoms. The molecule has 2 aromatic carbocycles. The van der Waals surface area contributed by atoms with Crippen LogP contribution >= 0.6 is 15.9 Å². The molecule has 1 aromatic heterocycles. The monoisotopic (exact) mass is 428 g/mol. The van der Waals surface area contributed by atoms with E-state index < -0.39 is 0 Å². The Balaban J connectivity index is 1.66. The van der Waals surface area contributed by atoms with Crippen molar-refractivity contribution in [3.05, 3.63) is 47.2 Å². The molecule has 1 aliphatic heterocycles. The number of aromatic nitrogens is 2. The number of benzene rings is 2. The molecule has 1 unspecified atom stereocenters. The Hall–Kier alpha value is -2.38. The van der Waals surface area contributed by atoms with E-state index in [0.717, 1.165) is 39.8 Å². The maximum Gasteiger partial charge on any atom is 0.162 e. The summed E-state index contributed by atoms with van der Waals surface area (Å²) in [6, 6.07) is 12.2. The van der Waals surface area contributed by atoms with Crippen molar-refractivity contribution in [1.29, 1.82) is 0 Å². The van der Waals surface area contributed by atoms with Crippen LogP contribution in [0.2, 0.25) is 0 Å². The van der Waals surface area contributed by atoms with Crippen LogP contribution in [0.25, 0.3) is 10.9 Å². The number of anilines is 2. The first-order valence-corrected chi connectivity index (χ1v) is 9.74. The van der Waals surface area contributed by atoms with Gasteiger partial charge in [-0.1, -0.05) is 22.0 Å². The Bertz CT molecular complexity index is 944. The maximum absolute atomic E-state index is 6.07. The molecule has 0 amide bonds. The number of hydrogen-bond donors (Lipinski definition) is 2. The summed E-state index contributed by atoms with van der Waals surface area (Å²) < 4.78 is 12.6. The van der Waals surface area contributed by atoms with Gasteiger partial charge in [0.1, 0.15) is 18.8 Å². The van der Waals surface area contributed by atoms with Crippen LogP contribution in [0.3, 0.4) is 0 Å². The summed E-state index contributed by atoms with van der Waals surface area (Å²) in [5, 5.41) is 7.69. The highest BCUT2D eigenvalue weighted by Crippen LogP contribution is 2.35. The number of nitrogens with zero attached hydrogens (tertiary/aromatic N) is 2. The molecule has 140 valence electrons. The summed E-state index contributed by atoms with van der Waals surface area (Å²) >= 11 is 3.49. The molecule has 0 saturated carbocycles. The summed E-state index contributed by atoms with van der Waals surface area (Å²) in [7, 11) is 1.64. The molecule has 7 heteroatoms. The number of ether oxygens (including phenoxy) is 2. The molecule has 2 heterocycles. The lowest BCUT2D eigenvalue weighted by Gasteiger charge is -2.16. The fourth-order valence-electron chi connectivity index (χ4n) is 3.23. The lowest BCUT2D eigenvalue weighted by molar-refractivity contribution is 0.263. The topological polar surface area (TPSA) is 68.3 Å². The van der Waals surface area contributed by atoms with Crippen molar-refractivity contribution < 1.29 is 9.47 Å². The van der Waals surface area contributed by atoms with E-state index in [0.29, 0.717) is 24.1 Å². The predicted molar refractivity (Wildman–Crippen MR) is 110 cm³/mol. The third kappa shape index (κ3) is 4.14. The fourth-order valence-corrected chi connectivity index (χ4v) is 3.63. The average molecular weight is 429 g/mol. The number of nitrogens with one attached hydrogen (secondary N) is 2. The van der Waals surface area contributed by atoms with Gasteiger partial charge in [-0.25, -0.2) is 9.97 Å². The van der Waals surface area contributed by atoms with Crippen molar-refractivity contribution in [1.82, 2.24) is 15.3 Å². The van der Waals surface area contributed by atoms with Gasteiger partial charge in [0.2, 0.25) is 0 Å². The first-order valence-electron chi connectivity index (χ1n) is 8.94. The van der Waals surface area contributed by atoms with E-state index in [2.05, 4.69) is 36.5 Å². The Kier molecular flexibility index (Phi) is 5.40. The van der Waals surface area contributed by atoms with E-state index in [-0.39, 0.29) is 0 Å². The van der Waals surface area contributed by atoms with Crippen LogP contribution in [-0.4, -0.2) is 36.3 Å². The van der Waals surface area contributed by atoms with E-state index in [9.17, 15) is 0 Å². The van der Waals surface area contributed by atoms with Crippen LogP contribution in [0.1, 0.15) is 12.8 Å². The van der Waals surface area contributed by atoms with Crippen LogP contribution in [0, 0.1) is 0 Å². The summed E-state index contributed by atoms with van der Waals surface area (Å²) in [4.78, 5) is 8.80. The normalized spacial score (nSPS) is 16.4. The van der Waals surface area contributed by atoms with Gasteiger partial charge >= 0.3 is 0 Å². The van der Waals surface area contributed by atoms with Crippen molar-refractivity contribution in [2.45, 2.75) is 18.9 Å². The third-order valence-electron chi connectivity index (χ3n) is 4.61. The largest absolute Gasteiger partial charge is 0.493 e. The molecule has 1 aliphatic rings. The second-order valence-corrected chi connectivity index (χ2v) is 7.40. The molecule has 1 fully saturated rings. The summed E-state index contributed by atoms with van der Waals surface area (Å²) in [6.45, 7) is 1.67. The Labute approximate surface area is 166 Å². The first-order chi connectivity index (χ1) is 13.2. The number of rotatable bonds is 6. The Morgan fingerprint density at radius 3 is 2.93 bits per heavy atom. The zero-order chi connectivity index (χ0) is 18.6. The fraction of sp³-hybridized carbons (Fsp3) is 0.300. The lowest BCUT2D eigenvalue weighted by Crippen LogP contribution is -2.28. The van der Waals surface area contributed by atoms with Gasteiger partial charge in [0.25, 0.3) is 0 Å². The van der Waals surface area contributed by atoms with Crippen LogP contribution < -0.4 is 20.1 Å². The molecule has 0 spiro atoms. The number of fused-ring (bicyclic) bond motifs is 1. The molecule has 0 bridgehead atoms. The van der Waals surface area contributed by atoms with Gasteiger partial charge in [-0.15, -0.1) is 0 Å². The minimum Gasteiger partial charge on any atom is -0.493 e. The van der Waals surface area contributed by atoms with Crippen LogP contribution in [0.4, 0.5) is 11.5 Å². The molecule has 1 atom stereocenters. The number of methoxy groups -OCH3 is 1. The SMILES string of the molecule is COc1cc2ncnc(Nc3cccc(Br)c3)c2cc1OCC1CCCN1. The van der Waals surface area contributed by atoms with E-state index in [4.69, 9.17) is 9.47 Å². The summed E-state index contributed by atoms with van der Waals surface area (Å²) in [6.07, 6.45) is 3.87. The van der Waals surface area contributed by atoms with Crippen molar-refractivity contribution in [3.8, 4) is 11.5 Å². The molecule has 3 aromatic rings. The summed E-state index contributed by atoms with van der Waals surface area (Å²) in [5.74, 6) is 2.10. The van der Waals surface area contributed by atoms with Crippen LogP contribution in [0.15, 0.2) is 47.2 Å². The van der Waals surface area contributed by atoms with Gasteiger partial charge in [-0.05, 0) is 43.7 Å². The van der Waals surface area contributed by atoms with Gasteiger partial charge in [-0.2, -0.15) is 0 Å². The molecule has 6 nitrogen and oxygen atoms in total. The Morgan fingerprint density at radius 1 is 1.22 bits per heavy atom. The maximum atomic E-state index is 6.07. The second kappa shape index (κ2) is 8.10. The molecule has 4 rings (SSSR count). The highest BCUT2D eigenvalue weighted by Gasteiger charge is 2.17. The van der Waals surface area contributed by atoms with Crippen LogP contribution in [0.5, 0.6) is 11.5 Å². The second-order valence-electron chi connectivity index (χ2n) is 6.48. The molecule has 0 radical (unpaired) electrons. The smallest absolute Gasteiger partial charge is 0.162 e. The molecule has 1 saturated heterocycles. The van der Waals surface area contributed by atoms with Crippen molar-refractivity contribution in [2.75, 3.05) is 25.6 Å². The van der Waals surface area contributed by atoms with Gasteiger partial charge in [0, 0.05) is 27.7 Å². The Morgan fingerprint density at radius 2 is 2.15 bits per heavy atom. The van der Waals surface area contributed by atoms with Crippen molar-refractivity contribution in [3.63, 3.8) is 0 Å². The molecular weight excluding hydrogens is 408 g/mol. The minimum atomic E-state index is 0.386. The molecule has 0 aliphatic carbocycles. The third-order valence-corrected chi connectivity index (χ3v) is 5.10.